The van der Waals surface area contributed by atoms with E-state index in [0.717, 1.165) is 22.2 Å². The number of non-ortho nitro benzene ring substituents is 1. The van der Waals surface area contributed by atoms with Crippen LogP contribution in [0.5, 0.6) is 5.75 Å². The number of carbonyl (C=O) groups excluding carboxylic acids is 1. The number of nitrogens with one attached hydrogen (secondary N) is 1. The molecule has 1 unspecified atom stereocenters. The maximum Gasteiger partial charge on any atom is 0.271 e. The van der Waals surface area contributed by atoms with Gasteiger partial charge in [-0.2, -0.15) is 0 Å². The Bertz CT molecular complexity index is 1040. The molecule has 1 atom stereocenters. The molecule has 2 aromatic carbocycles. The van der Waals surface area contributed by atoms with Crippen molar-refractivity contribution in [1.82, 2.24) is 5.32 Å². The van der Waals surface area contributed by atoms with Crippen LogP contribution in [-0.2, 0) is 21.4 Å². The first-order chi connectivity index (χ1) is 14.0. The Balaban J connectivity index is 2.27. The fourth-order valence-electron chi connectivity index (χ4n) is 2.98. The maximum atomic E-state index is 12.7. The minimum atomic E-state index is -3.89. The van der Waals surface area contributed by atoms with E-state index in [9.17, 15) is 23.3 Å². The summed E-state index contributed by atoms with van der Waals surface area (Å²) in [6.45, 7) is 5.62. The van der Waals surface area contributed by atoms with Crippen molar-refractivity contribution in [3.63, 3.8) is 0 Å². The monoisotopic (exact) mass is 435 g/mol. The van der Waals surface area contributed by atoms with Gasteiger partial charge in [0.25, 0.3) is 5.69 Å². The average Bonchev–Trinajstić information content (AvgIpc) is 2.67. The normalized spacial score (nSPS) is 12.1. The van der Waals surface area contributed by atoms with E-state index in [1.54, 1.807) is 25.1 Å². The molecule has 0 aliphatic carbocycles. The topological polar surface area (TPSA) is 119 Å². The minimum Gasteiger partial charge on any atom is -0.494 e. The quantitative estimate of drug-likeness (QED) is 0.478. The van der Waals surface area contributed by atoms with Gasteiger partial charge in [-0.15, -0.1) is 0 Å². The van der Waals surface area contributed by atoms with Gasteiger partial charge in [0, 0.05) is 18.7 Å². The van der Waals surface area contributed by atoms with Gasteiger partial charge in [0.15, 0.2) is 0 Å². The number of benzene rings is 2. The third-order valence-electron chi connectivity index (χ3n) is 4.41. The Morgan fingerprint density at radius 3 is 2.57 bits per heavy atom. The number of sulfonamides is 1. The zero-order chi connectivity index (χ0) is 22.5. The molecule has 1 N–H and O–H groups in total. The van der Waals surface area contributed by atoms with E-state index in [4.69, 9.17) is 4.74 Å². The molecule has 0 spiro atoms. The van der Waals surface area contributed by atoms with Crippen LogP contribution in [0.1, 0.15) is 25.0 Å². The number of hydrogen-bond acceptors (Lipinski definition) is 6. The molecule has 0 saturated heterocycles. The van der Waals surface area contributed by atoms with E-state index >= 15 is 0 Å². The van der Waals surface area contributed by atoms with Crippen LogP contribution in [0.2, 0.25) is 0 Å². The second kappa shape index (κ2) is 9.57. The van der Waals surface area contributed by atoms with Crippen molar-refractivity contribution in [2.75, 3.05) is 17.2 Å². The molecule has 0 aliphatic rings. The number of ether oxygens (including phenoxy) is 1. The Morgan fingerprint density at radius 1 is 1.27 bits per heavy atom. The van der Waals surface area contributed by atoms with E-state index in [1.165, 1.54) is 19.1 Å². The van der Waals surface area contributed by atoms with Gasteiger partial charge in [0.2, 0.25) is 15.9 Å². The molecular weight excluding hydrogens is 410 g/mol. The summed E-state index contributed by atoms with van der Waals surface area (Å²) in [5.41, 5.74) is 1.12. The summed E-state index contributed by atoms with van der Waals surface area (Å²) in [7, 11) is -3.89. The van der Waals surface area contributed by atoms with E-state index < -0.39 is 26.9 Å². The third-order valence-corrected chi connectivity index (χ3v) is 5.63. The second-order valence-electron chi connectivity index (χ2n) is 6.76. The largest absolute Gasteiger partial charge is 0.494 e. The summed E-state index contributed by atoms with van der Waals surface area (Å²) in [5.74, 6) is 0.135. The van der Waals surface area contributed by atoms with Gasteiger partial charge in [0.1, 0.15) is 11.8 Å². The highest BCUT2D eigenvalue weighted by Gasteiger charge is 2.31. The van der Waals surface area contributed by atoms with Crippen molar-refractivity contribution in [3.05, 3.63) is 63.7 Å². The number of carbonyl (C=O) groups is 1. The van der Waals surface area contributed by atoms with Gasteiger partial charge in [-0.3, -0.25) is 19.2 Å². The molecule has 1 amide bonds. The third kappa shape index (κ3) is 5.69. The van der Waals surface area contributed by atoms with E-state index in [2.05, 4.69) is 5.32 Å². The van der Waals surface area contributed by atoms with Gasteiger partial charge in [-0.25, -0.2) is 8.42 Å². The molecule has 0 aliphatic heterocycles. The number of nitro groups is 1. The van der Waals surface area contributed by atoms with Crippen molar-refractivity contribution in [1.29, 1.82) is 0 Å². The molecule has 30 heavy (non-hydrogen) atoms. The summed E-state index contributed by atoms with van der Waals surface area (Å²) in [6, 6.07) is 9.98. The lowest BCUT2D eigenvalue weighted by Crippen LogP contribution is -2.48. The smallest absolute Gasteiger partial charge is 0.271 e. The van der Waals surface area contributed by atoms with Gasteiger partial charge in [-0.05, 0) is 44.0 Å². The Labute approximate surface area is 175 Å². The number of nitro benzene ring substituents is 1. The highest BCUT2D eigenvalue weighted by Crippen LogP contribution is 2.29. The first kappa shape index (κ1) is 23.1. The first-order valence-electron chi connectivity index (χ1n) is 9.28. The van der Waals surface area contributed by atoms with Crippen LogP contribution in [0.3, 0.4) is 0 Å². The molecule has 2 rings (SSSR count). The number of nitrogens with zero attached hydrogens (tertiary/aromatic N) is 2. The fourth-order valence-corrected chi connectivity index (χ4v) is 4.20. The van der Waals surface area contributed by atoms with Crippen molar-refractivity contribution in [2.24, 2.45) is 0 Å². The molecule has 0 radical (unpaired) electrons. The van der Waals surface area contributed by atoms with E-state index in [-0.39, 0.29) is 17.9 Å². The summed E-state index contributed by atoms with van der Waals surface area (Å²) in [6.07, 6.45) is 0.959. The average molecular weight is 436 g/mol. The lowest BCUT2D eigenvalue weighted by atomic mass is 10.1. The highest BCUT2D eigenvalue weighted by atomic mass is 32.2. The van der Waals surface area contributed by atoms with Crippen LogP contribution in [0, 0.1) is 17.0 Å². The zero-order valence-electron chi connectivity index (χ0n) is 17.3. The lowest BCUT2D eigenvalue weighted by Gasteiger charge is -2.29. The van der Waals surface area contributed by atoms with Gasteiger partial charge in [-0.1, -0.05) is 18.2 Å². The lowest BCUT2D eigenvalue weighted by molar-refractivity contribution is -0.384. The first-order valence-corrected chi connectivity index (χ1v) is 11.1. The van der Waals surface area contributed by atoms with Crippen LogP contribution >= 0.6 is 0 Å². The standard InChI is InChI=1S/C20H25N3O6S/c1-5-29-18-8-6-7-16(11-18)13-21-20(24)15(3)22(30(4,27)28)19-12-17(23(25)26)10-9-14(19)2/h6-12,15H,5,13H2,1-4H3,(H,21,24). The maximum absolute atomic E-state index is 12.7. The van der Waals surface area contributed by atoms with Crippen LogP contribution in [0.25, 0.3) is 0 Å². The molecule has 0 saturated carbocycles. The van der Waals surface area contributed by atoms with Crippen LogP contribution in [0.4, 0.5) is 11.4 Å². The SMILES string of the molecule is CCOc1cccc(CNC(=O)C(C)N(c2cc([N+](=O)[O-])ccc2C)S(C)(=O)=O)c1. The summed E-state index contributed by atoms with van der Waals surface area (Å²) in [4.78, 5) is 23.2. The van der Waals surface area contributed by atoms with Crippen LogP contribution < -0.4 is 14.4 Å². The molecule has 2 aromatic rings. The summed E-state index contributed by atoms with van der Waals surface area (Å²) >= 11 is 0. The predicted octanol–water partition coefficient (Wildman–Crippen LogP) is 2.77. The van der Waals surface area contributed by atoms with Crippen molar-refractivity contribution in [2.45, 2.75) is 33.4 Å². The number of aryl methyl sites for hydroxylation is 1. The second-order valence-corrected chi connectivity index (χ2v) is 8.62. The van der Waals surface area contributed by atoms with Gasteiger partial charge in [0.05, 0.1) is 23.5 Å². The molecule has 0 aromatic heterocycles. The van der Waals surface area contributed by atoms with E-state index in [1.807, 2.05) is 13.0 Å². The van der Waals surface area contributed by atoms with Gasteiger partial charge < -0.3 is 10.1 Å². The minimum absolute atomic E-state index is 0.0905. The summed E-state index contributed by atoms with van der Waals surface area (Å²) < 4.78 is 31.3. The van der Waals surface area contributed by atoms with Crippen molar-refractivity contribution >= 4 is 27.3 Å². The molecule has 0 heterocycles. The number of amides is 1. The Hall–Kier alpha value is -3.14. The Morgan fingerprint density at radius 2 is 1.97 bits per heavy atom. The zero-order valence-corrected chi connectivity index (χ0v) is 18.1. The predicted molar refractivity (Wildman–Crippen MR) is 114 cm³/mol. The Kier molecular flexibility index (Phi) is 7.38. The van der Waals surface area contributed by atoms with Crippen molar-refractivity contribution < 1.29 is 22.9 Å². The fraction of sp³-hybridized carbons (Fsp3) is 0.350. The molecular formula is C20H25N3O6S. The molecule has 162 valence electrons. The number of hydrogen-bond donors (Lipinski definition) is 1. The van der Waals surface area contributed by atoms with Gasteiger partial charge >= 0.3 is 0 Å². The van der Waals surface area contributed by atoms with Crippen LogP contribution in [0.15, 0.2) is 42.5 Å². The number of anilines is 1. The molecule has 9 nitrogen and oxygen atoms in total. The highest BCUT2D eigenvalue weighted by molar-refractivity contribution is 7.92. The molecule has 0 bridgehead atoms. The van der Waals surface area contributed by atoms with Crippen LogP contribution in [-0.4, -0.2) is 38.2 Å². The van der Waals surface area contributed by atoms with Crippen molar-refractivity contribution in [3.8, 4) is 5.75 Å². The molecule has 0 fully saturated rings. The van der Waals surface area contributed by atoms with E-state index in [0.29, 0.717) is 17.9 Å². The molecule has 10 heteroatoms. The summed E-state index contributed by atoms with van der Waals surface area (Å²) in [5, 5.41) is 13.8. The number of rotatable bonds is 9.